The van der Waals surface area contributed by atoms with E-state index in [9.17, 15) is 4.79 Å². The molecule has 3 aromatic rings. The van der Waals surface area contributed by atoms with Gasteiger partial charge in [-0.2, -0.15) is 5.10 Å². The Balaban J connectivity index is 1.73. The number of carbonyl (C=O) groups is 1. The fourth-order valence-electron chi connectivity index (χ4n) is 2.71. The summed E-state index contributed by atoms with van der Waals surface area (Å²) in [5.41, 5.74) is 2.63. The fourth-order valence-corrected chi connectivity index (χ4v) is 2.83. The summed E-state index contributed by atoms with van der Waals surface area (Å²) >= 11 is 5.90. The molecular weight excluding hydrogens is 382 g/mol. The van der Waals surface area contributed by atoms with Crippen LogP contribution in [0.1, 0.15) is 16.1 Å². The number of hydrogen-bond donors (Lipinski definition) is 2. The zero-order chi connectivity index (χ0) is 20.1. The molecular formula is C20H20ClN3O4. The van der Waals surface area contributed by atoms with Crippen molar-refractivity contribution in [2.75, 3.05) is 21.3 Å². The quantitative estimate of drug-likeness (QED) is 0.630. The lowest BCUT2D eigenvalue weighted by Crippen LogP contribution is -2.23. The Morgan fingerprint density at radius 2 is 1.64 bits per heavy atom. The monoisotopic (exact) mass is 401 g/mol. The predicted octanol–water partition coefficient (Wildman–Crippen LogP) is 3.69. The maximum Gasteiger partial charge on any atom is 0.269 e. The lowest BCUT2D eigenvalue weighted by Gasteiger charge is -2.14. The van der Waals surface area contributed by atoms with Gasteiger partial charge in [0.15, 0.2) is 11.5 Å². The van der Waals surface area contributed by atoms with Crippen LogP contribution in [0.2, 0.25) is 5.02 Å². The molecule has 0 aliphatic carbocycles. The van der Waals surface area contributed by atoms with Crippen molar-refractivity contribution >= 4 is 17.5 Å². The first-order valence-corrected chi connectivity index (χ1v) is 8.82. The van der Waals surface area contributed by atoms with Gasteiger partial charge in [0.25, 0.3) is 5.91 Å². The van der Waals surface area contributed by atoms with Crippen LogP contribution in [0.4, 0.5) is 0 Å². The van der Waals surface area contributed by atoms with Crippen LogP contribution in [-0.2, 0) is 6.54 Å². The molecule has 3 rings (SSSR count). The van der Waals surface area contributed by atoms with Crippen LogP contribution in [0.25, 0.3) is 11.3 Å². The van der Waals surface area contributed by atoms with Gasteiger partial charge in [0, 0.05) is 28.8 Å². The summed E-state index contributed by atoms with van der Waals surface area (Å²) in [6, 6.07) is 12.4. The molecule has 1 heterocycles. The van der Waals surface area contributed by atoms with Gasteiger partial charge in [-0.05, 0) is 24.3 Å². The van der Waals surface area contributed by atoms with Gasteiger partial charge >= 0.3 is 0 Å². The van der Waals surface area contributed by atoms with Gasteiger partial charge in [0.05, 0.1) is 27.0 Å². The highest BCUT2D eigenvalue weighted by Gasteiger charge is 2.15. The van der Waals surface area contributed by atoms with Gasteiger partial charge in [-0.1, -0.05) is 23.7 Å². The summed E-state index contributed by atoms with van der Waals surface area (Å²) in [4.78, 5) is 12.5. The van der Waals surface area contributed by atoms with E-state index in [1.54, 1.807) is 51.7 Å². The number of aromatic nitrogens is 2. The zero-order valence-corrected chi connectivity index (χ0v) is 16.5. The number of nitrogens with one attached hydrogen (secondary N) is 2. The first-order valence-electron chi connectivity index (χ1n) is 8.44. The number of aromatic amines is 1. The van der Waals surface area contributed by atoms with Gasteiger partial charge < -0.3 is 19.5 Å². The first kappa shape index (κ1) is 19.6. The zero-order valence-electron chi connectivity index (χ0n) is 15.7. The molecule has 0 saturated heterocycles. The first-order chi connectivity index (χ1) is 13.5. The van der Waals surface area contributed by atoms with E-state index in [-0.39, 0.29) is 12.5 Å². The van der Waals surface area contributed by atoms with E-state index in [1.165, 1.54) is 0 Å². The normalized spacial score (nSPS) is 10.4. The molecule has 2 N–H and O–H groups in total. The Hall–Kier alpha value is -3.19. The van der Waals surface area contributed by atoms with E-state index in [0.717, 1.165) is 11.1 Å². The van der Waals surface area contributed by atoms with Crippen LogP contribution in [-0.4, -0.2) is 37.4 Å². The number of ether oxygens (including phenoxy) is 3. The summed E-state index contributed by atoms with van der Waals surface area (Å²) in [6.45, 7) is 0.248. The maximum absolute atomic E-state index is 12.5. The number of hydrogen-bond acceptors (Lipinski definition) is 5. The minimum atomic E-state index is -0.287. The number of halogens is 1. The van der Waals surface area contributed by atoms with Crippen molar-refractivity contribution < 1.29 is 19.0 Å². The standard InChI is InChI=1S/C20H20ClN3O4/c1-26-17-10-19(28-3)18(27-2)8-13(17)11-22-20(25)16-9-15(23-24-16)12-4-6-14(21)7-5-12/h4-10H,11H2,1-3H3,(H,22,25)(H,23,24). The molecule has 0 spiro atoms. The molecule has 0 saturated carbocycles. The fraction of sp³-hybridized carbons (Fsp3) is 0.200. The molecule has 146 valence electrons. The van der Waals surface area contributed by atoms with Crippen molar-refractivity contribution in [2.24, 2.45) is 0 Å². The van der Waals surface area contributed by atoms with Crippen molar-refractivity contribution in [3.05, 3.63) is 58.7 Å². The maximum atomic E-state index is 12.5. The van der Waals surface area contributed by atoms with Crippen LogP contribution in [0.15, 0.2) is 42.5 Å². The summed E-state index contributed by atoms with van der Waals surface area (Å²) in [5.74, 6) is 1.41. The van der Waals surface area contributed by atoms with E-state index in [0.29, 0.717) is 33.7 Å². The smallest absolute Gasteiger partial charge is 0.269 e. The van der Waals surface area contributed by atoms with Crippen LogP contribution in [0, 0.1) is 0 Å². The second-order valence-corrected chi connectivity index (χ2v) is 6.31. The summed E-state index contributed by atoms with van der Waals surface area (Å²) in [7, 11) is 4.66. The minimum absolute atomic E-state index is 0.248. The van der Waals surface area contributed by atoms with E-state index in [2.05, 4.69) is 15.5 Å². The summed E-state index contributed by atoms with van der Waals surface area (Å²) in [6.07, 6.45) is 0. The van der Waals surface area contributed by atoms with Gasteiger partial charge in [-0.15, -0.1) is 0 Å². The molecule has 7 nitrogen and oxygen atoms in total. The molecule has 0 aliphatic rings. The molecule has 1 aromatic heterocycles. The summed E-state index contributed by atoms with van der Waals surface area (Å²) < 4.78 is 16.0. The molecule has 0 bridgehead atoms. The average molecular weight is 402 g/mol. The third kappa shape index (κ3) is 4.20. The molecule has 1 amide bonds. The SMILES string of the molecule is COc1cc(OC)c(OC)cc1CNC(=O)c1cc(-c2ccc(Cl)cc2)n[nH]1. The third-order valence-corrected chi connectivity index (χ3v) is 4.44. The van der Waals surface area contributed by atoms with Crippen molar-refractivity contribution in [1.82, 2.24) is 15.5 Å². The Morgan fingerprint density at radius 1 is 1.00 bits per heavy atom. The Bertz CT molecular complexity index is 970. The molecule has 0 aliphatic heterocycles. The van der Waals surface area contributed by atoms with E-state index >= 15 is 0 Å². The number of benzene rings is 2. The second kappa shape index (κ2) is 8.67. The Kier molecular flexibility index (Phi) is 6.06. The largest absolute Gasteiger partial charge is 0.496 e. The van der Waals surface area contributed by atoms with Crippen molar-refractivity contribution in [3.63, 3.8) is 0 Å². The van der Waals surface area contributed by atoms with Crippen molar-refractivity contribution in [1.29, 1.82) is 0 Å². The highest BCUT2D eigenvalue weighted by atomic mass is 35.5. The summed E-state index contributed by atoms with van der Waals surface area (Å²) in [5, 5.41) is 10.4. The number of H-pyrrole nitrogens is 1. The van der Waals surface area contributed by atoms with Crippen molar-refractivity contribution in [2.45, 2.75) is 6.54 Å². The van der Waals surface area contributed by atoms with Crippen LogP contribution in [0.3, 0.4) is 0 Å². The molecule has 8 heteroatoms. The minimum Gasteiger partial charge on any atom is -0.496 e. The predicted molar refractivity (Wildman–Crippen MR) is 106 cm³/mol. The average Bonchev–Trinajstić information content (AvgIpc) is 3.22. The number of nitrogens with zero attached hydrogens (tertiary/aromatic N) is 1. The highest BCUT2D eigenvalue weighted by Crippen LogP contribution is 2.34. The van der Waals surface area contributed by atoms with E-state index in [1.807, 2.05) is 12.1 Å². The molecule has 0 unspecified atom stereocenters. The number of methoxy groups -OCH3 is 3. The van der Waals surface area contributed by atoms with Crippen LogP contribution < -0.4 is 19.5 Å². The van der Waals surface area contributed by atoms with E-state index < -0.39 is 0 Å². The molecule has 2 aromatic carbocycles. The number of amides is 1. The number of rotatable bonds is 7. The Morgan fingerprint density at radius 3 is 2.29 bits per heavy atom. The van der Waals surface area contributed by atoms with Gasteiger partial charge in [0.2, 0.25) is 0 Å². The van der Waals surface area contributed by atoms with Gasteiger partial charge in [-0.25, -0.2) is 0 Å². The second-order valence-electron chi connectivity index (χ2n) is 5.88. The molecule has 0 radical (unpaired) electrons. The van der Waals surface area contributed by atoms with Crippen LogP contribution >= 0.6 is 11.6 Å². The van der Waals surface area contributed by atoms with Gasteiger partial charge in [0.1, 0.15) is 11.4 Å². The lowest BCUT2D eigenvalue weighted by atomic mass is 10.1. The molecule has 28 heavy (non-hydrogen) atoms. The van der Waals surface area contributed by atoms with Crippen LogP contribution in [0.5, 0.6) is 17.2 Å². The molecule has 0 atom stereocenters. The van der Waals surface area contributed by atoms with Crippen molar-refractivity contribution in [3.8, 4) is 28.5 Å². The number of carbonyl (C=O) groups excluding carboxylic acids is 1. The van der Waals surface area contributed by atoms with E-state index in [4.69, 9.17) is 25.8 Å². The topological polar surface area (TPSA) is 85.5 Å². The Labute approximate surface area is 167 Å². The third-order valence-electron chi connectivity index (χ3n) is 4.19. The molecule has 0 fully saturated rings. The lowest BCUT2D eigenvalue weighted by molar-refractivity contribution is 0.0945. The van der Waals surface area contributed by atoms with Gasteiger partial charge in [-0.3, -0.25) is 9.89 Å². The highest BCUT2D eigenvalue weighted by molar-refractivity contribution is 6.30.